The average molecular weight is 293 g/mol. The van der Waals surface area contributed by atoms with Crippen LogP contribution in [-0.4, -0.2) is 23.5 Å². The van der Waals surface area contributed by atoms with Crippen molar-refractivity contribution in [3.05, 3.63) is 35.1 Å². The number of amides is 1. The summed E-state index contributed by atoms with van der Waals surface area (Å²) in [5.41, 5.74) is 1.34. The summed E-state index contributed by atoms with van der Waals surface area (Å²) in [7, 11) is 0. The molecule has 0 aromatic heterocycles. The van der Waals surface area contributed by atoms with Gasteiger partial charge in [-0.15, -0.1) is 0 Å². The van der Waals surface area contributed by atoms with E-state index in [1.165, 1.54) is 12.1 Å². The molecular formula is C16H20FNO3. The molecule has 0 saturated heterocycles. The molecule has 1 saturated carbocycles. The highest BCUT2D eigenvalue weighted by molar-refractivity contribution is 5.91. The summed E-state index contributed by atoms with van der Waals surface area (Å²) >= 11 is 0. The minimum Gasteiger partial charge on any atom is -0.481 e. The molecule has 0 radical (unpaired) electrons. The van der Waals surface area contributed by atoms with E-state index in [1.54, 1.807) is 19.9 Å². The molecule has 114 valence electrons. The van der Waals surface area contributed by atoms with Crippen LogP contribution in [0.2, 0.25) is 0 Å². The van der Waals surface area contributed by atoms with Gasteiger partial charge in [0, 0.05) is 6.54 Å². The Morgan fingerprint density at radius 2 is 2.00 bits per heavy atom. The Morgan fingerprint density at radius 3 is 2.52 bits per heavy atom. The molecule has 1 aliphatic rings. The van der Waals surface area contributed by atoms with Crippen molar-refractivity contribution in [2.24, 2.45) is 17.3 Å². The van der Waals surface area contributed by atoms with Gasteiger partial charge in [-0.05, 0) is 42.0 Å². The highest BCUT2D eigenvalue weighted by Crippen LogP contribution is 2.58. The zero-order valence-corrected chi connectivity index (χ0v) is 12.4. The van der Waals surface area contributed by atoms with Gasteiger partial charge in [0.15, 0.2) is 0 Å². The summed E-state index contributed by atoms with van der Waals surface area (Å²) in [5, 5.41) is 11.8. The van der Waals surface area contributed by atoms with Crippen LogP contribution in [0.1, 0.15) is 25.0 Å². The van der Waals surface area contributed by atoms with Crippen molar-refractivity contribution in [1.29, 1.82) is 0 Å². The van der Waals surface area contributed by atoms with Crippen molar-refractivity contribution in [1.82, 2.24) is 5.32 Å². The van der Waals surface area contributed by atoms with Crippen molar-refractivity contribution in [2.45, 2.75) is 27.2 Å². The van der Waals surface area contributed by atoms with Crippen LogP contribution >= 0.6 is 0 Å². The third-order valence-corrected chi connectivity index (χ3v) is 4.37. The van der Waals surface area contributed by atoms with E-state index < -0.39 is 23.2 Å². The Bertz CT molecular complexity index is 583. The second kappa shape index (κ2) is 5.47. The van der Waals surface area contributed by atoms with Crippen molar-refractivity contribution in [3.8, 4) is 0 Å². The minimum absolute atomic E-state index is 0.216. The van der Waals surface area contributed by atoms with Crippen LogP contribution < -0.4 is 5.32 Å². The molecule has 2 atom stereocenters. The minimum atomic E-state index is -0.922. The van der Waals surface area contributed by atoms with E-state index in [1.807, 2.05) is 6.92 Å². The second-order valence-electron chi connectivity index (χ2n) is 6.23. The van der Waals surface area contributed by atoms with Crippen molar-refractivity contribution < 1.29 is 19.1 Å². The van der Waals surface area contributed by atoms with E-state index in [9.17, 15) is 14.0 Å². The number of nitrogens with one attached hydrogen (secondary N) is 1. The number of halogens is 1. The summed E-state index contributed by atoms with van der Waals surface area (Å²) in [6, 6.07) is 4.56. The number of hydrogen-bond donors (Lipinski definition) is 2. The highest BCUT2D eigenvalue weighted by Gasteiger charge is 2.65. The number of benzene rings is 1. The van der Waals surface area contributed by atoms with E-state index in [2.05, 4.69) is 5.32 Å². The SMILES string of the molecule is Cc1cc(F)ccc1CCNC(=O)[C@@H]1[C@H](C(=O)O)C1(C)C. The van der Waals surface area contributed by atoms with Crippen LogP contribution in [0.3, 0.4) is 0 Å². The topological polar surface area (TPSA) is 66.4 Å². The molecule has 2 rings (SSSR count). The Kier molecular flexibility index (Phi) is 4.03. The van der Waals surface area contributed by atoms with Crippen LogP contribution in [0.25, 0.3) is 0 Å². The zero-order valence-electron chi connectivity index (χ0n) is 12.4. The molecule has 5 heteroatoms. The normalized spacial score (nSPS) is 22.7. The van der Waals surface area contributed by atoms with Gasteiger partial charge in [0.25, 0.3) is 0 Å². The van der Waals surface area contributed by atoms with Gasteiger partial charge in [-0.25, -0.2) is 4.39 Å². The first-order chi connectivity index (χ1) is 9.75. The van der Waals surface area contributed by atoms with Gasteiger partial charge >= 0.3 is 5.97 Å². The quantitative estimate of drug-likeness (QED) is 0.874. The lowest BCUT2D eigenvalue weighted by Crippen LogP contribution is -2.29. The fourth-order valence-corrected chi connectivity index (χ4v) is 2.96. The number of carbonyl (C=O) groups is 2. The van der Waals surface area contributed by atoms with Gasteiger partial charge in [0.1, 0.15) is 5.82 Å². The molecule has 21 heavy (non-hydrogen) atoms. The maximum atomic E-state index is 13.0. The maximum Gasteiger partial charge on any atom is 0.307 e. The fraction of sp³-hybridized carbons (Fsp3) is 0.500. The highest BCUT2D eigenvalue weighted by atomic mass is 19.1. The van der Waals surface area contributed by atoms with Crippen LogP contribution in [0, 0.1) is 30.0 Å². The Labute approximate surface area is 123 Å². The first kappa shape index (κ1) is 15.5. The molecule has 1 amide bonds. The number of aliphatic carboxylic acids is 1. The molecule has 2 N–H and O–H groups in total. The molecule has 4 nitrogen and oxygen atoms in total. The molecule has 1 fully saturated rings. The van der Waals surface area contributed by atoms with Gasteiger partial charge in [0.05, 0.1) is 11.8 Å². The lowest BCUT2D eigenvalue weighted by Gasteiger charge is -2.08. The average Bonchev–Trinajstić information content (AvgIpc) is 2.95. The summed E-state index contributed by atoms with van der Waals surface area (Å²) in [5.74, 6) is -2.49. The van der Waals surface area contributed by atoms with Crippen molar-refractivity contribution >= 4 is 11.9 Å². The monoisotopic (exact) mass is 293 g/mol. The van der Waals surface area contributed by atoms with Crippen molar-refractivity contribution in [3.63, 3.8) is 0 Å². The van der Waals surface area contributed by atoms with E-state index in [0.717, 1.165) is 11.1 Å². The van der Waals surface area contributed by atoms with Gasteiger partial charge in [0.2, 0.25) is 5.91 Å². The summed E-state index contributed by atoms with van der Waals surface area (Å²) in [4.78, 5) is 23.1. The molecule has 1 aromatic rings. The first-order valence-electron chi connectivity index (χ1n) is 7.00. The van der Waals surface area contributed by atoms with Crippen molar-refractivity contribution in [2.75, 3.05) is 6.54 Å². The third-order valence-electron chi connectivity index (χ3n) is 4.37. The largest absolute Gasteiger partial charge is 0.481 e. The molecule has 1 aliphatic carbocycles. The standard InChI is InChI=1S/C16H20FNO3/c1-9-8-11(17)5-4-10(9)6-7-18-14(19)12-13(15(20)21)16(12,2)3/h4-5,8,12-13H,6-7H2,1-3H3,(H,18,19)(H,20,21)/t12-,13+/m0/s1. The van der Waals surface area contributed by atoms with E-state index in [0.29, 0.717) is 13.0 Å². The van der Waals surface area contributed by atoms with E-state index >= 15 is 0 Å². The molecular weight excluding hydrogens is 273 g/mol. The number of carbonyl (C=O) groups excluding carboxylic acids is 1. The number of carboxylic acid groups (broad SMARTS) is 1. The van der Waals surface area contributed by atoms with Gasteiger partial charge in [-0.1, -0.05) is 19.9 Å². The Hall–Kier alpha value is -1.91. The molecule has 0 heterocycles. The number of aryl methyl sites for hydroxylation is 1. The van der Waals surface area contributed by atoms with Crippen LogP contribution in [0.4, 0.5) is 4.39 Å². The first-order valence-corrected chi connectivity index (χ1v) is 7.00. The van der Waals surface area contributed by atoms with Crippen LogP contribution in [0.5, 0.6) is 0 Å². The molecule has 0 bridgehead atoms. The lowest BCUT2D eigenvalue weighted by molar-refractivity contribution is -0.140. The summed E-state index contributed by atoms with van der Waals surface area (Å²) in [6.45, 7) is 5.83. The maximum absolute atomic E-state index is 13.0. The molecule has 0 unspecified atom stereocenters. The molecule has 1 aromatic carbocycles. The van der Waals surface area contributed by atoms with Gasteiger partial charge in [-0.2, -0.15) is 0 Å². The van der Waals surface area contributed by atoms with Gasteiger partial charge < -0.3 is 10.4 Å². The van der Waals surface area contributed by atoms with Gasteiger partial charge in [-0.3, -0.25) is 9.59 Å². The van der Waals surface area contributed by atoms with E-state index in [-0.39, 0.29) is 11.7 Å². The summed E-state index contributed by atoms with van der Waals surface area (Å²) < 4.78 is 13.0. The molecule has 0 spiro atoms. The van der Waals surface area contributed by atoms with E-state index in [4.69, 9.17) is 5.11 Å². The number of hydrogen-bond acceptors (Lipinski definition) is 2. The third kappa shape index (κ3) is 3.06. The molecule has 0 aliphatic heterocycles. The summed E-state index contributed by atoms with van der Waals surface area (Å²) in [6.07, 6.45) is 0.600. The Morgan fingerprint density at radius 1 is 1.33 bits per heavy atom. The predicted octanol–water partition coefficient (Wildman–Crippen LogP) is 2.15. The predicted molar refractivity (Wildman–Crippen MR) is 76.2 cm³/mol. The fourth-order valence-electron chi connectivity index (χ4n) is 2.96. The Balaban J connectivity index is 1.87. The zero-order chi connectivity index (χ0) is 15.8. The van der Waals surface area contributed by atoms with Crippen LogP contribution in [-0.2, 0) is 16.0 Å². The lowest BCUT2D eigenvalue weighted by atomic mass is 10.1. The number of carboxylic acids is 1. The second-order valence-corrected chi connectivity index (χ2v) is 6.23. The number of rotatable bonds is 5. The van der Waals surface area contributed by atoms with Crippen LogP contribution in [0.15, 0.2) is 18.2 Å². The smallest absolute Gasteiger partial charge is 0.307 e.